The van der Waals surface area contributed by atoms with Gasteiger partial charge in [0, 0.05) is 12.2 Å². The molecule has 0 aromatic heterocycles. The van der Waals surface area contributed by atoms with Gasteiger partial charge in [-0.25, -0.2) is 0 Å². The maximum atomic E-state index is 8.90. The van der Waals surface area contributed by atoms with Crippen LogP contribution in [-0.2, 0) is 0 Å². The molecule has 2 rings (SSSR count). The second-order valence-corrected chi connectivity index (χ2v) is 4.12. The van der Waals surface area contributed by atoms with Crippen LogP contribution in [0.1, 0.15) is 18.4 Å². The number of hydrogen-bond acceptors (Lipinski definition) is 2. The Hall–Kier alpha value is -1.49. The minimum absolute atomic E-state index is 0.0657. The maximum Gasteiger partial charge on any atom is 0.0747 e. The van der Waals surface area contributed by atoms with Gasteiger partial charge in [0.1, 0.15) is 0 Å². The van der Waals surface area contributed by atoms with Crippen molar-refractivity contribution in [3.05, 3.63) is 29.8 Å². The van der Waals surface area contributed by atoms with Crippen molar-refractivity contribution in [2.75, 3.05) is 11.9 Å². The van der Waals surface area contributed by atoms with E-state index in [-0.39, 0.29) is 5.41 Å². The molecule has 0 radical (unpaired) electrons. The zero-order chi connectivity index (χ0) is 10.0. The van der Waals surface area contributed by atoms with Gasteiger partial charge < -0.3 is 5.32 Å². The molecular formula is C12H14N2. The molecule has 72 valence electrons. The standard InChI is InChI=1S/C12H14N2/c1-10-3-2-4-11(7-10)14-9-12(8-13)5-6-12/h2-4,7,14H,5-6,9H2,1H3. The van der Waals surface area contributed by atoms with Crippen LogP contribution in [0.15, 0.2) is 24.3 Å². The molecule has 0 bridgehead atoms. The maximum absolute atomic E-state index is 8.90. The SMILES string of the molecule is Cc1cccc(NCC2(C#N)CC2)c1. The second-order valence-electron chi connectivity index (χ2n) is 4.12. The van der Waals surface area contributed by atoms with Gasteiger partial charge in [0.2, 0.25) is 0 Å². The lowest BCUT2D eigenvalue weighted by Gasteiger charge is -2.09. The Morgan fingerprint density at radius 1 is 1.50 bits per heavy atom. The Morgan fingerprint density at radius 2 is 2.29 bits per heavy atom. The number of nitriles is 1. The largest absolute Gasteiger partial charge is 0.383 e. The highest BCUT2D eigenvalue weighted by Crippen LogP contribution is 2.44. The van der Waals surface area contributed by atoms with E-state index in [1.54, 1.807) is 0 Å². The first-order chi connectivity index (χ1) is 6.74. The van der Waals surface area contributed by atoms with Crippen LogP contribution in [0.5, 0.6) is 0 Å². The fraction of sp³-hybridized carbons (Fsp3) is 0.417. The molecule has 1 aliphatic carbocycles. The van der Waals surface area contributed by atoms with E-state index in [0.717, 1.165) is 25.1 Å². The second kappa shape index (κ2) is 3.34. The first kappa shape index (κ1) is 9.08. The van der Waals surface area contributed by atoms with E-state index in [4.69, 9.17) is 5.26 Å². The molecule has 1 aliphatic rings. The van der Waals surface area contributed by atoms with Crippen molar-refractivity contribution in [2.45, 2.75) is 19.8 Å². The summed E-state index contributed by atoms with van der Waals surface area (Å²) in [5.41, 5.74) is 2.30. The molecule has 0 atom stereocenters. The smallest absolute Gasteiger partial charge is 0.0747 e. The van der Waals surface area contributed by atoms with Crippen LogP contribution in [0.3, 0.4) is 0 Å². The van der Waals surface area contributed by atoms with Gasteiger partial charge in [0.15, 0.2) is 0 Å². The summed E-state index contributed by atoms with van der Waals surface area (Å²) in [6.07, 6.45) is 2.09. The molecule has 1 fully saturated rings. The lowest BCUT2D eigenvalue weighted by atomic mass is 10.1. The lowest BCUT2D eigenvalue weighted by molar-refractivity contribution is 0.711. The summed E-state index contributed by atoms with van der Waals surface area (Å²) in [5.74, 6) is 0. The molecule has 2 heteroatoms. The Morgan fingerprint density at radius 3 is 2.86 bits per heavy atom. The summed E-state index contributed by atoms with van der Waals surface area (Å²) >= 11 is 0. The number of nitrogens with zero attached hydrogens (tertiary/aromatic N) is 1. The van der Waals surface area contributed by atoms with Crippen LogP contribution < -0.4 is 5.32 Å². The van der Waals surface area contributed by atoms with E-state index in [2.05, 4.69) is 30.4 Å². The van der Waals surface area contributed by atoms with Crippen molar-refractivity contribution in [1.82, 2.24) is 0 Å². The third-order valence-corrected chi connectivity index (χ3v) is 2.74. The van der Waals surface area contributed by atoms with Crippen LogP contribution >= 0.6 is 0 Å². The number of nitrogens with one attached hydrogen (secondary N) is 1. The molecule has 14 heavy (non-hydrogen) atoms. The quantitative estimate of drug-likeness (QED) is 0.787. The van der Waals surface area contributed by atoms with E-state index in [0.29, 0.717) is 0 Å². The minimum atomic E-state index is -0.0657. The number of hydrogen-bond donors (Lipinski definition) is 1. The highest BCUT2D eigenvalue weighted by atomic mass is 14.9. The summed E-state index contributed by atoms with van der Waals surface area (Å²) in [7, 11) is 0. The van der Waals surface area contributed by atoms with Crippen LogP contribution in [0.2, 0.25) is 0 Å². The molecule has 2 nitrogen and oxygen atoms in total. The molecule has 0 spiro atoms. The average molecular weight is 186 g/mol. The number of benzene rings is 1. The highest BCUT2D eigenvalue weighted by Gasteiger charge is 2.42. The van der Waals surface area contributed by atoms with E-state index in [1.165, 1.54) is 5.56 Å². The third-order valence-electron chi connectivity index (χ3n) is 2.74. The topological polar surface area (TPSA) is 35.8 Å². The molecule has 0 aliphatic heterocycles. The first-order valence-corrected chi connectivity index (χ1v) is 4.96. The minimum Gasteiger partial charge on any atom is -0.383 e. The molecule has 1 aromatic rings. The Balaban J connectivity index is 1.96. The van der Waals surface area contributed by atoms with E-state index in [9.17, 15) is 0 Å². The normalized spacial score (nSPS) is 17.1. The lowest BCUT2D eigenvalue weighted by Crippen LogP contribution is -2.13. The van der Waals surface area contributed by atoms with Crippen molar-refractivity contribution < 1.29 is 0 Å². The Bertz CT molecular complexity index is 372. The van der Waals surface area contributed by atoms with E-state index in [1.807, 2.05) is 12.1 Å². The predicted octanol–water partition coefficient (Wildman–Crippen LogP) is 2.71. The molecule has 1 aromatic carbocycles. The van der Waals surface area contributed by atoms with Crippen molar-refractivity contribution in [3.63, 3.8) is 0 Å². The predicted molar refractivity (Wildman–Crippen MR) is 56.9 cm³/mol. The van der Waals surface area contributed by atoms with E-state index < -0.39 is 0 Å². The first-order valence-electron chi connectivity index (χ1n) is 4.96. The van der Waals surface area contributed by atoms with Gasteiger partial charge >= 0.3 is 0 Å². The molecule has 0 unspecified atom stereocenters. The van der Waals surface area contributed by atoms with Gasteiger partial charge in [0.05, 0.1) is 11.5 Å². The molecular weight excluding hydrogens is 172 g/mol. The monoisotopic (exact) mass is 186 g/mol. The molecule has 1 saturated carbocycles. The molecule has 0 amide bonds. The fourth-order valence-electron chi connectivity index (χ4n) is 1.51. The zero-order valence-electron chi connectivity index (χ0n) is 8.38. The van der Waals surface area contributed by atoms with Crippen LogP contribution in [0, 0.1) is 23.7 Å². The van der Waals surface area contributed by atoms with Gasteiger partial charge in [0.25, 0.3) is 0 Å². The fourth-order valence-corrected chi connectivity index (χ4v) is 1.51. The van der Waals surface area contributed by atoms with Gasteiger partial charge in [-0.2, -0.15) is 5.26 Å². The number of anilines is 1. The van der Waals surface area contributed by atoms with Gasteiger partial charge in [-0.3, -0.25) is 0 Å². The van der Waals surface area contributed by atoms with Crippen LogP contribution in [-0.4, -0.2) is 6.54 Å². The number of rotatable bonds is 3. The Kier molecular flexibility index (Phi) is 2.17. The van der Waals surface area contributed by atoms with Gasteiger partial charge in [-0.15, -0.1) is 0 Å². The summed E-state index contributed by atoms with van der Waals surface area (Å²) in [6.45, 7) is 2.86. The van der Waals surface area contributed by atoms with Crippen molar-refractivity contribution in [2.24, 2.45) is 5.41 Å². The zero-order valence-corrected chi connectivity index (χ0v) is 8.38. The average Bonchev–Trinajstić information content (AvgIpc) is 2.96. The van der Waals surface area contributed by atoms with Gasteiger partial charge in [-0.05, 0) is 37.5 Å². The van der Waals surface area contributed by atoms with Crippen molar-refractivity contribution in [3.8, 4) is 6.07 Å². The number of aryl methyl sites for hydroxylation is 1. The van der Waals surface area contributed by atoms with E-state index >= 15 is 0 Å². The van der Waals surface area contributed by atoms with Crippen LogP contribution in [0.25, 0.3) is 0 Å². The molecule has 0 saturated heterocycles. The summed E-state index contributed by atoms with van der Waals surface area (Å²) in [4.78, 5) is 0. The summed E-state index contributed by atoms with van der Waals surface area (Å²) in [6, 6.07) is 10.6. The van der Waals surface area contributed by atoms with Crippen LogP contribution in [0.4, 0.5) is 5.69 Å². The highest BCUT2D eigenvalue weighted by molar-refractivity contribution is 5.46. The van der Waals surface area contributed by atoms with Crippen molar-refractivity contribution >= 4 is 5.69 Å². The Labute approximate surface area is 84.6 Å². The van der Waals surface area contributed by atoms with Crippen molar-refractivity contribution in [1.29, 1.82) is 5.26 Å². The third kappa shape index (κ3) is 1.88. The molecule has 0 heterocycles. The summed E-state index contributed by atoms with van der Waals surface area (Å²) < 4.78 is 0. The van der Waals surface area contributed by atoms with Gasteiger partial charge in [-0.1, -0.05) is 12.1 Å². The summed E-state index contributed by atoms with van der Waals surface area (Å²) in [5, 5.41) is 12.2. The molecule has 1 N–H and O–H groups in total.